The molecule has 0 aliphatic heterocycles. The van der Waals surface area contributed by atoms with Crippen LogP contribution in [-0.4, -0.2) is 0 Å². The van der Waals surface area contributed by atoms with Gasteiger partial charge in [-0.3, -0.25) is 0 Å². The van der Waals surface area contributed by atoms with Crippen LogP contribution in [0.3, 0.4) is 0 Å². The van der Waals surface area contributed by atoms with E-state index in [1.165, 1.54) is 65.4 Å². The van der Waals surface area contributed by atoms with Crippen molar-refractivity contribution in [2.75, 3.05) is 0 Å². The first-order chi connectivity index (χ1) is 18.4. The molecule has 37 heavy (non-hydrogen) atoms. The van der Waals surface area contributed by atoms with Gasteiger partial charge in [0.2, 0.25) is 0 Å². The topological polar surface area (TPSA) is 0 Å². The number of rotatable bonds is 4. The Morgan fingerprint density at radius 2 is 0.703 bits per heavy atom. The van der Waals surface area contributed by atoms with E-state index in [1.54, 1.807) is 0 Å². The van der Waals surface area contributed by atoms with E-state index in [0.717, 1.165) is 0 Å². The van der Waals surface area contributed by atoms with Gasteiger partial charge >= 0.3 is 0 Å². The van der Waals surface area contributed by atoms with Gasteiger partial charge in [0, 0.05) is 21.6 Å². The van der Waals surface area contributed by atoms with Crippen LogP contribution in [0.1, 0.15) is 0 Å². The fourth-order valence-corrected chi connectivity index (χ4v) is 6.73. The van der Waals surface area contributed by atoms with Gasteiger partial charge in [-0.1, -0.05) is 140 Å². The average Bonchev–Trinajstić information content (AvgIpc) is 3.42. The number of thiophene rings is 1. The number of hydrogen-bond acceptors (Lipinski definition) is 1. The van der Waals surface area contributed by atoms with Crippen LogP contribution in [0.15, 0.2) is 145 Å². The summed E-state index contributed by atoms with van der Waals surface area (Å²) in [4.78, 5) is 1.32. The van der Waals surface area contributed by atoms with E-state index in [4.69, 9.17) is 0 Å². The molecule has 7 rings (SSSR count). The predicted octanol–water partition coefficient (Wildman–Crippen LogP) is 10.7. The number of fused-ring (bicyclic) bond motifs is 2. The molecule has 0 saturated heterocycles. The monoisotopic (exact) mass is 488 g/mol. The zero-order valence-corrected chi connectivity index (χ0v) is 21.1. The van der Waals surface area contributed by atoms with E-state index in [-0.39, 0.29) is 0 Å². The van der Waals surface area contributed by atoms with Crippen LogP contribution < -0.4 is 0 Å². The Morgan fingerprint density at radius 1 is 0.324 bits per heavy atom. The molecular formula is C36H24S. The van der Waals surface area contributed by atoms with Crippen molar-refractivity contribution in [3.05, 3.63) is 145 Å². The van der Waals surface area contributed by atoms with Crippen LogP contribution in [0.5, 0.6) is 0 Å². The molecule has 0 fully saturated rings. The van der Waals surface area contributed by atoms with E-state index < -0.39 is 0 Å². The maximum Gasteiger partial charge on any atom is 0.0440 e. The van der Waals surface area contributed by atoms with E-state index in [1.807, 2.05) is 11.3 Å². The van der Waals surface area contributed by atoms with Crippen molar-refractivity contribution in [3.63, 3.8) is 0 Å². The zero-order valence-electron chi connectivity index (χ0n) is 20.3. The molecule has 0 amide bonds. The Hall–Kier alpha value is -4.46. The highest BCUT2D eigenvalue weighted by Gasteiger charge is 2.22. The molecule has 0 spiro atoms. The van der Waals surface area contributed by atoms with E-state index in [9.17, 15) is 0 Å². The van der Waals surface area contributed by atoms with Crippen LogP contribution in [0.4, 0.5) is 0 Å². The standard InChI is InChI=1S/C36H24S/c1-4-14-25(15-5-1)32-24-37-36(34(32)27-18-8-3-9-19-27)35-30-22-12-10-20-28(30)33(26-16-6-2-7-17-26)29-21-11-13-23-31(29)35/h1-24H. The third-order valence-corrected chi connectivity index (χ3v) is 8.16. The Balaban J connectivity index is 1.63. The van der Waals surface area contributed by atoms with Crippen molar-refractivity contribution in [1.29, 1.82) is 0 Å². The van der Waals surface area contributed by atoms with Gasteiger partial charge in [-0.15, -0.1) is 11.3 Å². The van der Waals surface area contributed by atoms with Crippen molar-refractivity contribution in [2.24, 2.45) is 0 Å². The first kappa shape index (κ1) is 21.8. The fourth-order valence-electron chi connectivity index (χ4n) is 5.55. The zero-order chi connectivity index (χ0) is 24.6. The molecule has 1 heteroatoms. The Labute approximate surface area is 221 Å². The smallest absolute Gasteiger partial charge is 0.0440 e. The van der Waals surface area contributed by atoms with Gasteiger partial charge in [-0.05, 0) is 49.2 Å². The Morgan fingerprint density at radius 3 is 1.19 bits per heavy atom. The number of benzene rings is 6. The van der Waals surface area contributed by atoms with Crippen molar-refractivity contribution >= 4 is 32.9 Å². The summed E-state index contributed by atoms with van der Waals surface area (Å²) in [6, 6.07) is 50.2. The first-order valence-electron chi connectivity index (χ1n) is 12.6. The van der Waals surface area contributed by atoms with E-state index in [2.05, 4.69) is 145 Å². The fraction of sp³-hybridized carbons (Fsp3) is 0. The quantitative estimate of drug-likeness (QED) is 0.216. The second-order valence-corrected chi connectivity index (χ2v) is 10.2. The molecule has 7 aromatic rings. The maximum absolute atomic E-state index is 2.33. The van der Waals surface area contributed by atoms with Gasteiger partial charge in [0.1, 0.15) is 0 Å². The lowest BCUT2D eigenvalue weighted by Crippen LogP contribution is -1.91. The van der Waals surface area contributed by atoms with Gasteiger partial charge in [0.15, 0.2) is 0 Å². The van der Waals surface area contributed by atoms with Gasteiger partial charge < -0.3 is 0 Å². The molecule has 0 saturated carbocycles. The molecule has 0 radical (unpaired) electrons. The van der Waals surface area contributed by atoms with Crippen molar-refractivity contribution in [2.45, 2.75) is 0 Å². The van der Waals surface area contributed by atoms with Crippen LogP contribution >= 0.6 is 11.3 Å². The van der Waals surface area contributed by atoms with Crippen molar-refractivity contribution in [1.82, 2.24) is 0 Å². The average molecular weight is 489 g/mol. The van der Waals surface area contributed by atoms with Crippen LogP contribution in [0.25, 0.3) is 65.4 Å². The molecule has 0 aliphatic carbocycles. The predicted molar refractivity (Wildman–Crippen MR) is 161 cm³/mol. The summed E-state index contributed by atoms with van der Waals surface area (Å²) in [7, 11) is 0. The molecule has 0 unspecified atom stereocenters. The maximum atomic E-state index is 2.33. The molecule has 0 N–H and O–H groups in total. The molecule has 0 aliphatic rings. The molecular weight excluding hydrogens is 464 g/mol. The minimum Gasteiger partial charge on any atom is -0.142 e. The lowest BCUT2D eigenvalue weighted by molar-refractivity contribution is 1.63. The van der Waals surface area contributed by atoms with Gasteiger partial charge in [0.25, 0.3) is 0 Å². The molecule has 1 heterocycles. The third-order valence-electron chi connectivity index (χ3n) is 7.16. The van der Waals surface area contributed by atoms with Gasteiger partial charge in [-0.2, -0.15) is 0 Å². The summed E-state index contributed by atoms with van der Waals surface area (Å²) in [5.74, 6) is 0. The van der Waals surface area contributed by atoms with Crippen LogP contribution in [-0.2, 0) is 0 Å². The van der Waals surface area contributed by atoms with E-state index >= 15 is 0 Å². The first-order valence-corrected chi connectivity index (χ1v) is 13.5. The minimum absolute atomic E-state index is 1.25. The summed E-state index contributed by atoms with van der Waals surface area (Å²) < 4.78 is 0. The molecule has 0 atom stereocenters. The molecule has 174 valence electrons. The summed E-state index contributed by atoms with van der Waals surface area (Å²) in [5, 5.41) is 7.49. The van der Waals surface area contributed by atoms with Gasteiger partial charge in [-0.25, -0.2) is 0 Å². The van der Waals surface area contributed by atoms with Crippen molar-refractivity contribution < 1.29 is 0 Å². The minimum atomic E-state index is 1.25. The highest BCUT2D eigenvalue weighted by molar-refractivity contribution is 7.15. The Bertz CT molecular complexity index is 1790. The Kier molecular flexibility index (Phi) is 5.42. The van der Waals surface area contributed by atoms with Crippen LogP contribution in [0, 0.1) is 0 Å². The third kappa shape index (κ3) is 3.67. The normalized spacial score (nSPS) is 11.2. The summed E-state index contributed by atoms with van der Waals surface area (Å²) in [5.41, 5.74) is 8.96. The van der Waals surface area contributed by atoms with Gasteiger partial charge in [0.05, 0.1) is 0 Å². The highest BCUT2D eigenvalue weighted by atomic mass is 32.1. The lowest BCUT2D eigenvalue weighted by atomic mass is 9.86. The second kappa shape index (κ2) is 9.20. The second-order valence-electron chi connectivity index (χ2n) is 9.29. The molecule has 0 bridgehead atoms. The summed E-state index contributed by atoms with van der Waals surface area (Å²) >= 11 is 1.85. The largest absolute Gasteiger partial charge is 0.142 e. The molecule has 1 aromatic heterocycles. The highest BCUT2D eigenvalue weighted by Crippen LogP contribution is 2.50. The SMILES string of the molecule is c1ccc(-c2csc(-c3c4ccccc4c(-c4ccccc4)c4ccccc34)c2-c2ccccc2)cc1. The summed E-state index contributed by atoms with van der Waals surface area (Å²) in [6.45, 7) is 0. The van der Waals surface area contributed by atoms with Crippen molar-refractivity contribution in [3.8, 4) is 43.8 Å². The molecule has 0 nitrogen and oxygen atoms in total. The number of hydrogen-bond donors (Lipinski definition) is 0. The summed E-state index contributed by atoms with van der Waals surface area (Å²) in [6.07, 6.45) is 0. The lowest BCUT2D eigenvalue weighted by Gasteiger charge is -2.18. The van der Waals surface area contributed by atoms with E-state index in [0.29, 0.717) is 0 Å². The van der Waals surface area contributed by atoms with Crippen LogP contribution in [0.2, 0.25) is 0 Å². The molecule has 6 aromatic carbocycles.